The standard InChI is InChI=1S/C17H17BrClNO4S/c18-13-2-1-3-15(12-13)24-10-9-20-17(21)8-11-25(22,23)16-6-4-14(19)5-7-16/h1-7,12H,8-11H2,(H,20,21). The van der Waals surface area contributed by atoms with Gasteiger partial charge in [0.25, 0.3) is 0 Å². The van der Waals surface area contributed by atoms with Crippen LogP contribution in [0.25, 0.3) is 0 Å². The molecule has 2 aromatic carbocycles. The van der Waals surface area contributed by atoms with Crippen molar-refractivity contribution in [3.8, 4) is 5.75 Å². The third-order valence-electron chi connectivity index (χ3n) is 3.26. The molecule has 1 amide bonds. The van der Waals surface area contributed by atoms with Gasteiger partial charge in [0.15, 0.2) is 9.84 Å². The quantitative estimate of drug-likeness (QED) is 0.630. The Balaban J connectivity index is 1.72. The van der Waals surface area contributed by atoms with E-state index in [9.17, 15) is 13.2 Å². The number of carbonyl (C=O) groups is 1. The van der Waals surface area contributed by atoms with E-state index in [2.05, 4.69) is 21.2 Å². The van der Waals surface area contributed by atoms with Gasteiger partial charge in [0.1, 0.15) is 12.4 Å². The van der Waals surface area contributed by atoms with Crippen LogP contribution in [0.4, 0.5) is 0 Å². The van der Waals surface area contributed by atoms with Crippen LogP contribution in [0.15, 0.2) is 57.9 Å². The molecule has 25 heavy (non-hydrogen) atoms. The van der Waals surface area contributed by atoms with Gasteiger partial charge in [0, 0.05) is 15.9 Å². The SMILES string of the molecule is O=C(CCS(=O)(=O)c1ccc(Cl)cc1)NCCOc1cccc(Br)c1. The average Bonchev–Trinajstić information content (AvgIpc) is 2.57. The summed E-state index contributed by atoms with van der Waals surface area (Å²) in [6.07, 6.45) is -0.109. The number of carbonyl (C=O) groups excluding carboxylic acids is 1. The number of sulfone groups is 1. The van der Waals surface area contributed by atoms with Crippen LogP contribution in [0, 0.1) is 0 Å². The summed E-state index contributed by atoms with van der Waals surface area (Å²) in [4.78, 5) is 11.9. The molecule has 1 N–H and O–H groups in total. The van der Waals surface area contributed by atoms with E-state index >= 15 is 0 Å². The van der Waals surface area contributed by atoms with E-state index in [-0.39, 0.29) is 23.0 Å². The highest BCUT2D eigenvalue weighted by molar-refractivity contribution is 9.10. The van der Waals surface area contributed by atoms with Gasteiger partial charge in [-0.1, -0.05) is 33.6 Å². The molecule has 0 spiro atoms. The van der Waals surface area contributed by atoms with Crippen molar-refractivity contribution in [1.29, 1.82) is 0 Å². The Morgan fingerprint density at radius 1 is 1.16 bits per heavy atom. The Bertz CT molecular complexity index is 825. The fourth-order valence-corrected chi connectivity index (χ4v) is 3.74. The van der Waals surface area contributed by atoms with E-state index in [1.165, 1.54) is 24.3 Å². The van der Waals surface area contributed by atoms with Crippen molar-refractivity contribution in [1.82, 2.24) is 5.32 Å². The maximum atomic E-state index is 12.1. The molecule has 0 saturated carbocycles. The second-order valence-corrected chi connectivity index (χ2v) is 8.64. The van der Waals surface area contributed by atoms with E-state index in [1.807, 2.05) is 24.3 Å². The molecule has 0 saturated heterocycles. The van der Waals surface area contributed by atoms with Crippen LogP contribution in [0.1, 0.15) is 6.42 Å². The fourth-order valence-electron chi connectivity index (χ4n) is 1.99. The summed E-state index contributed by atoms with van der Waals surface area (Å²) in [5, 5.41) is 3.10. The zero-order valence-electron chi connectivity index (χ0n) is 13.2. The van der Waals surface area contributed by atoms with Crippen LogP contribution in [0.5, 0.6) is 5.75 Å². The maximum absolute atomic E-state index is 12.1. The third kappa shape index (κ3) is 6.68. The largest absolute Gasteiger partial charge is 0.492 e. The molecule has 8 heteroatoms. The second-order valence-electron chi connectivity index (χ2n) is 5.18. The molecule has 0 heterocycles. The van der Waals surface area contributed by atoms with Crippen LogP contribution < -0.4 is 10.1 Å². The van der Waals surface area contributed by atoms with Crippen molar-refractivity contribution < 1.29 is 17.9 Å². The predicted molar refractivity (Wildman–Crippen MR) is 101 cm³/mol. The zero-order chi connectivity index (χ0) is 18.3. The van der Waals surface area contributed by atoms with Gasteiger partial charge < -0.3 is 10.1 Å². The molecule has 0 aliphatic carbocycles. The number of ether oxygens (including phenoxy) is 1. The first-order valence-corrected chi connectivity index (χ1v) is 10.3. The predicted octanol–water partition coefficient (Wildman–Crippen LogP) is 3.46. The molecule has 0 radical (unpaired) electrons. The van der Waals surface area contributed by atoms with Gasteiger partial charge >= 0.3 is 0 Å². The van der Waals surface area contributed by atoms with Crippen molar-refractivity contribution in [3.05, 3.63) is 58.0 Å². The highest BCUT2D eigenvalue weighted by Crippen LogP contribution is 2.17. The number of benzene rings is 2. The number of halogens is 2. The van der Waals surface area contributed by atoms with Crippen molar-refractivity contribution in [2.75, 3.05) is 18.9 Å². The monoisotopic (exact) mass is 445 g/mol. The molecule has 0 unspecified atom stereocenters. The first kappa shape index (κ1) is 19.8. The Kier molecular flexibility index (Phi) is 7.28. The lowest BCUT2D eigenvalue weighted by Crippen LogP contribution is -2.29. The van der Waals surface area contributed by atoms with Crippen LogP contribution in [-0.4, -0.2) is 33.2 Å². The van der Waals surface area contributed by atoms with Crippen molar-refractivity contribution >= 4 is 43.3 Å². The van der Waals surface area contributed by atoms with E-state index in [0.717, 1.165) is 4.47 Å². The van der Waals surface area contributed by atoms with Crippen LogP contribution >= 0.6 is 27.5 Å². The van der Waals surface area contributed by atoms with E-state index < -0.39 is 9.84 Å². The van der Waals surface area contributed by atoms with E-state index in [0.29, 0.717) is 23.9 Å². The summed E-state index contributed by atoms with van der Waals surface area (Å²) in [6.45, 7) is 0.596. The minimum absolute atomic E-state index is 0.109. The molecule has 0 bridgehead atoms. The summed E-state index contributed by atoms with van der Waals surface area (Å²) in [5.74, 6) is 0.0942. The van der Waals surface area contributed by atoms with Crippen LogP contribution in [0.3, 0.4) is 0 Å². The molecule has 2 rings (SSSR count). The third-order valence-corrected chi connectivity index (χ3v) is 5.74. The molecule has 0 fully saturated rings. The first-order valence-electron chi connectivity index (χ1n) is 7.50. The summed E-state index contributed by atoms with van der Waals surface area (Å²) < 4.78 is 30.7. The molecule has 2 aromatic rings. The topological polar surface area (TPSA) is 72.5 Å². The first-order chi connectivity index (χ1) is 11.9. The zero-order valence-corrected chi connectivity index (χ0v) is 16.4. The summed E-state index contributed by atoms with van der Waals surface area (Å²) in [5.41, 5.74) is 0. The van der Waals surface area contributed by atoms with Gasteiger partial charge in [-0.2, -0.15) is 0 Å². The van der Waals surface area contributed by atoms with E-state index in [4.69, 9.17) is 16.3 Å². The highest BCUT2D eigenvalue weighted by atomic mass is 79.9. The average molecular weight is 447 g/mol. The summed E-state index contributed by atoms with van der Waals surface area (Å²) in [7, 11) is -3.51. The number of hydrogen-bond donors (Lipinski definition) is 1. The van der Waals surface area contributed by atoms with Gasteiger partial charge in [0.2, 0.25) is 5.91 Å². The van der Waals surface area contributed by atoms with Gasteiger partial charge in [0.05, 0.1) is 17.2 Å². The smallest absolute Gasteiger partial charge is 0.221 e. The molecular formula is C17H17BrClNO4S. The van der Waals surface area contributed by atoms with Crippen molar-refractivity contribution in [3.63, 3.8) is 0 Å². The molecule has 0 aliphatic heterocycles. The highest BCUT2D eigenvalue weighted by Gasteiger charge is 2.16. The lowest BCUT2D eigenvalue weighted by Gasteiger charge is -2.08. The molecule has 0 aromatic heterocycles. The summed E-state index contributed by atoms with van der Waals surface area (Å²) in [6, 6.07) is 13.2. The fraction of sp³-hybridized carbons (Fsp3) is 0.235. The van der Waals surface area contributed by atoms with Gasteiger partial charge in [-0.05, 0) is 42.5 Å². The lowest BCUT2D eigenvalue weighted by molar-refractivity contribution is -0.120. The molecular weight excluding hydrogens is 430 g/mol. The van der Waals surface area contributed by atoms with E-state index in [1.54, 1.807) is 0 Å². The molecule has 0 atom stereocenters. The minimum atomic E-state index is -3.51. The molecule has 0 aliphatic rings. The van der Waals surface area contributed by atoms with Gasteiger partial charge in [-0.25, -0.2) is 8.42 Å². The van der Waals surface area contributed by atoms with Crippen molar-refractivity contribution in [2.24, 2.45) is 0 Å². The van der Waals surface area contributed by atoms with Gasteiger partial charge in [-0.3, -0.25) is 4.79 Å². The number of amides is 1. The Labute approximate surface area is 160 Å². The Hall–Kier alpha value is -1.57. The number of nitrogens with one attached hydrogen (secondary N) is 1. The minimum Gasteiger partial charge on any atom is -0.492 e. The van der Waals surface area contributed by atoms with Crippen LogP contribution in [-0.2, 0) is 14.6 Å². The Morgan fingerprint density at radius 2 is 1.88 bits per heavy atom. The second kappa shape index (κ2) is 9.22. The Morgan fingerprint density at radius 3 is 2.56 bits per heavy atom. The summed E-state index contributed by atoms with van der Waals surface area (Å²) >= 11 is 9.08. The van der Waals surface area contributed by atoms with Crippen molar-refractivity contribution in [2.45, 2.75) is 11.3 Å². The van der Waals surface area contributed by atoms with Gasteiger partial charge in [-0.15, -0.1) is 0 Å². The maximum Gasteiger partial charge on any atom is 0.221 e. The number of hydrogen-bond acceptors (Lipinski definition) is 4. The lowest BCUT2D eigenvalue weighted by atomic mass is 10.3. The molecule has 134 valence electrons. The molecule has 5 nitrogen and oxygen atoms in total. The number of rotatable bonds is 8. The van der Waals surface area contributed by atoms with Crippen LogP contribution in [0.2, 0.25) is 5.02 Å². The normalized spacial score (nSPS) is 11.1.